The molecule has 0 bridgehead atoms. The van der Waals surface area contributed by atoms with Crippen molar-refractivity contribution < 1.29 is 13.6 Å². The molecule has 13 heavy (non-hydrogen) atoms. The topological polar surface area (TPSA) is 69.4 Å². The van der Waals surface area contributed by atoms with E-state index >= 15 is 0 Å². The summed E-state index contributed by atoms with van der Waals surface area (Å²) in [7, 11) is 0. The van der Waals surface area contributed by atoms with Gasteiger partial charge in [-0.2, -0.15) is 0 Å². The maximum atomic E-state index is 10.7. The van der Waals surface area contributed by atoms with E-state index in [9.17, 15) is 4.79 Å². The minimum atomic E-state index is -0.574. The van der Waals surface area contributed by atoms with Gasteiger partial charge in [0.25, 0.3) is 5.91 Å². The second-order valence-corrected chi connectivity index (χ2v) is 2.54. The molecule has 2 aromatic rings. The predicted molar refractivity (Wildman–Crippen MR) is 44.9 cm³/mol. The first kappa shape index (κ1) is 7.67. The summed E-state index contributed by atoms with van der Waals surface area (Å²) in [4.78, 5) is 10.7. The maximum Gasteiger partial charge on any atom is 0.284 e. The fourth-order valence-corrected chi connectivity index (χ4v) is 1.03. The molecule has 0 aliphatic rings. The molecule has 4 nitrogen and oxygen atoms in total. The van der Waals surface area contributed by atoms with Gasteiger partial charge in [-0.3, -0.25) is 4.79 Å². The van der Waals surface area contributed by atoms with Crippen LogP contribution in [0.25, 0.3) is 11.3 Å². The lowest BCUT2D eigenvalue weighted by Gasteiger charge is -1.88. The normalized spacial score (nSPS) is 10.2. The number of furan rings is 2. The summed E-state index contributed by atoms with van der Waals surface area (Å²) >= 11 is 0. The molecule has 2 rings (SSSR count). The molecule has 4 heteroatoms. The summed E-state index contributed by atoms with van der Waals surface area (Å²) in [6.07, 6.45) is 3.06. The molecule has 0 radical (unpaired) electrons. The van der Waals surface area contributed by atoms with E-state index in [-0.39, 0.29) is 5.76 Å². The van der Waals surface area contributed by atoms with Crippen LogP contribution in [0, 0.1) is 0 Å². The third kappa shape index (κ3) is 1.33. The van der Waals surface area contributed by atoms with Gasteiger partial charge in [0.1, 0.15) is 12.0 Å². The minimum absolute atomic E-state index is 0.149. The van der Waals surface area contributed by atoms with E-state index in [1.165, 1.54) is 18.6 Å². The van der Waals surface area contributed by atoms with Crippen LogP contribution < -0.4 is 5.73 Å². The third-order valence-corrected chi connectivity index (χ3v) is 1.65. The second kappa shape index (κ2) is 2.82. The quantitative estimate of drug-likeness (QED) is 0.757. The van der Waals surface area contributed by atoms with Crippen LogP contribution in [0.2, 0.25) is 0 Å². The van der Waals surface area contributed by atoms with Crippen LogP contribution in [-0.4, -0.2) is 5.91 Å². The lowest BCUT2D eigenvalue weighted by atomic mass is 10.3. The Balaban J connectivity index is 2.39. The Morgan fingerprint density at radius 3 is 2.69 bits per heavy atom. The largest absolute Gasteiger partial charge is 0.472 e. The molecule has 2 N–H and O–H groups in total. The summed E-state index contributed by atoms with van der Waals surface area (Å²) in [5.74, 6) is 0.147. The van der Waals surface area contributed by atoms with Crippen LogP contribution in [0.3, 0.4) is 0 Å². The van der Waals surface area contributed by atoms with Gasteiger partial charge in [-0.1, -0.05) is 0 Å². The van der Waals surface area contributed by atoms with Crippen molar-refractivity contribution in [2.45, 2.75) is 0 Å². The SMILES string of the molecule is NC(=O)c1ccc(-c2ccoc2)o1. The summed E-state index contributed by atoms with van der Waals surface area (Å²) in [6, 6.07) is 4.94. The molecule has 0 aliphatic heterocycles. The first-order chi connectivity index (χ1) is 6.27. The van der Waals surface area contributed by atoms with Crippen molar-refractivity contribution in [2.75, 3.05) is 0 Å². The van der Waals surface area contributed by atoms with Gasteiger partial charge in [-0.15, -0.1) is 0 Å². The van der Waals surface area contributed by atoms with Crippen molar-refractivity contribution in [2.24, 2.45) is 5.73 Å². The molecule has 0 aliphatic carbocycles. The van der Waals surface area contributed by atoms with Crippen LogP contribution in [0.1, 0.15) is 10.6 Å². The Bertz CT molecular complexity index is 414. The third-order valence-electron chi connectivity index (χ3n) is 1.65. The van der Waals surface area contributed by atoms with E-state index in [4.69, 9.17) is 14.6 Å². The Labute approximate surface area is 73.9 Å². The van der Waals surface area contributed by atoms with E-state index in [2.05, 4.69) is 0 Å². The Morgan fingerprint density at radius 2 is 2.15 bits per heavy atom. The van der Waals surface area contributed by atoms with E-state index < -0.39 is 5.91 Å². The Kier molecular flexibility index (Phi) is 1.66. The fourth-order valence-electron chi connectivity index (χ4n) is 1.03. The Hall–Kier alpha value is -1.97. The van der Waals surface area contributed by atoms with Gasteiger partial charge in [0, 0.05) is 0 Å². The number of nitrogens with two attached hydrogens (primary N) is 1. The monoisotopic (exact) mass is 177 g/mol. The highest BCUT2D eigenvalue weighted by atomic mass is 16.4. The molecular weight excluding hydrogens is 170 g/mol. The van der Waals surface area contributed by atoms with Crippen molar-refractivity contribution in [3.8, 4) is 11.3 Å². The smallest absolute Gasteiger partial charge is 0.284 e. The number of hydrogen-bond acceptors (Lipinski definition) is 3. The van der Waals surface area contributed by atoms with Crippen LogP contribution >= 0.6 is 0 Å². The van der Waals surface area contributed by atoms with Crippen molar-refractivity contribution in [3.63, 3.8) is 0 Å². The zero-order chi connectivity index (χ0) is 9.26. The van der Waals surface area contributed by atoms with Gasteiger partial charge >= 0.3 is 0 Å². The first-order valence-electron chi connectivity index (χ1n) is 3.69. The average Bonchev–Trinajstić information content (AvgIpc) is 2.75. The van der Waals surface area contributed by atoms with Gasteiger partial charge in [-0.25, -0.2) is 0 Å². The molecule has 0 spiro atoms. The lowest BCUT2D eigenvalue weighted by molar-refractivity contribution is 0.0974. The van der Waals surface area contributed by atoms with Gasteiger partial charge in [0.15, 0.2) is 5.76 Å². The van der Waals surface area contributed by atoms with Crippen molar-refractivity contribution in [1.82, 2.24) is 0 Å². The highest BCUT2D eigenvalue weighted by molar-refractivity contribution is 5.90. The highest BCUT2D eigenvalue weighted by Crippen LogP contribution is 2.21. The van der Waals surface area contributed by atoms with Crippen LogP contribution in [0.5, 0.6) is 0 Å². The van der Waals surface area contributed by atoms with Gasteiger partial charge in [0.05, 0.1) is 11.8 Å². The van der Waals surface area contributed by atoms with Crippen LogP contribution in [0.15, 0.2) is 39.6 Å². The number of amides is 1. The molecule has 0 fully saturated rings. The standard InChI is InChI=1S/C9H7NO3/c10-9(11)8-2-1-7(13-8)6-3-4-12-5-6/h1-5H,(H2,10,11). The average molecular weight is 177 g/mol. The fraction of sp³-hybridized carbons (Fsp3) is 0. The molecule has 0 saturated heterocycles. The van der Waals surface area contributed by atoms with E-state index in [0.717, 1.165) is 5.56 Å². The minimum Gasteiger partial charge on any atom is -0.472 e. The molecule has 66 valence electrons. The second-order valence-electron chi connectivity index (χ2n) is 2.54. The molecule has 2 heterocycles. The van der Waals surface area contributed by atoms with Gasteiger partial charge in [-0.05, 0) is 18.2 Å². The van der Waals surface area contributed by atoms with Gasteiger partial charge in [0.2, 0.25) is 0 Å². The molecule has 0 saturated carbocycles. The highest BCUT2D eigenvalue weighted by Gasteiger charge is 2.08. The van der Waals surface area contributed by atoms with Crippen molar-refractivity contribution in [1.29, 1.82) is 0 Å². The number of primary amides is 1. The van der Waals surface area contributed by atoms with E-state index in [0.29, 0.717) is 5.76 Å². The first-order valence-corrected chi connectivity index (χ1v) is 3.69. The number of carbonyl (C=O) groups is 1. The Morgan fingerprint density at radius 1 is 1.31 bits per heavy atom. The van der Waals surface area contributed by atoms with Crippen molar-refractivity contribution >= 4 is 5.91 Å². The summed E-state index contributed by atoms with van der Waals surface area (Å²) in [6.45, 7) is 0. The molecule has 1 amide bonds. The molecule has 0 atom stereocenters. The lowest BCUT2D eigenvalue weighted by Crippen LogP contribution is -2.08. The molecule has 0 aromatic carbocycles. The van der Waals surface area contributed by atoms with Crippen LogP contribution in [0.4, 0.5) is 0 Å². The molecule has 0 unspecified atom stereocenters. The number of carbonyl (C=O) groups excluding carboxylic acids is 1. The zero-order valence-corrected chi connectivity index (χ0v) is 6.69. The zero-order valence-electron chi connectivity index (χ0n) is 6.69. The van der Waals surface area contributed by atoms with Crippen LogP contribution in [-0.2, 0) is 0 Å². The molecular formula is C9H7NO3. The molecule has 2 aromatic heterocycles. The van der Waals surface area contributed by atoms with Gasteiger partial charge < -0.3 is 14.6 Å². The van der Waals surface area contributed by atoms with E-state index in [1.807, 2.05) is 0 Å². The maximum absolute atomic E-state index is 10.7. The number of rotatable bonds is 2. The predicted octanol–water partition coefficient (Wildman–Crippen LogP) is 1.64. The summed E-state index contributed by atoms with van der Waals surface area (Å²) < 4.78 is 10.0. The summed E-state index contributed by atoms with van der Waals surface area (Å²) in [5, 5.41) is 0. The number of hydrogen-bond donors (Lipinski definition) is 1. The summed E-state index contributed by atoms with van der Waals surface area (Å²) in [5.41, 5.74) is 5.81. The van der Waals surface area contributed by atoms with E-state index in [1.54, 1.807) is 12.1 Å². The van der Waals surface area contributed by atoms with Crippen molar-refractivity contribution in [3.05, 3.63) is 36.5 Å².